The molecule has 0 aromatic heterocycles. The zero-order valence-electron chi connectivity index (χ0n) is 9.82. The first-order valence-corrected chi connectivity index (χ1v) is 7.60. The Kier molecular flexibility index (Phi) is 4.73. The summed E-state index contributed by atoms with van der Waals surface area (Å²) in [6.07, 6.45) is 3.61. The van der Waals surface area contributed by atoms with E-state index in [9.17, 15) is 13.2 Å². The highest BCUT2D eigenvalue weighted by Gasteiger charge is 2.21. The van der Waals surface area contributed by atoms with Crippen molar-refractivity contribution in [3.05, 3.63) is 0 Å². The Morgan fingerprint density at radius 3 is 2.56 bits per heavy atom. The van der Waals surface area contributed by atoms with Gasteiger partial charge >= 0.3 is 0 Å². The molecule has 1 rings (SSSR count). The highest BCUT2D eigenvalue weighted by molar-refractivity contribution is 7.90. The third-order valence-corrected chi connectivity index (χ3v) is 3.55. The molecule has 0 saturated heterocycles. The maximum absolute atomic E-state index is 11.3. The Morgan fingerprint density at radius 2 is 2.06 bits per heavy atom. The summed E-state index contributed by atoms with van der Waals surface area (Å²) in [6.45, 7) is 2.69. The van der Waals surface area contributed by atoms with E-state index in [4.69, 9.17) is 0 Å². The van der Waals surface area contributed by atoms with E-state index < -0.39 is 9.84 Å². The van der Waals surface area contributed by atoms with Gasteiger partial charge in [-0.15, -0.1) is 0 Å². The molecule has 94 valence electrons. The van der Waals surface area contributed by atoms with Crippen molar-refractivity contribution in [2.24, 2.45) is 5.92 Å². The van der Waals surface area contributed by atoms with E-state index in [1.165, 1.54) is 19.1 Å². The van der Waals surface area contributed by atoms with Crippen LogP contribution in [0.4, 0.5) is 0 Å². The largest absolute Gasteiger partial charge is 0.355 e. The summed E-state index contributed by atoms with van der Waals surface area (Å²) in [5, 5.41) is 5.70. The molecule has 0 radical (unpaired) electrons. The molecule has 1 saturated carbocycles. The van der Waals surface area contributed by atoms with Crippen molar-refractivity contribution < 1.29 is 13.2 Å². The molecule has 1 fully saturated rings. The second-order valence-corrected chi connectivity index (χ2v) is 6.81. The molecule has 1 aliphatic carbocycles. The van der Waals surface area contributed by atoms with Crippen LogP contribution in [-0.4, -0.2) is 45.5 Å². The first kappa shape index (κ1) is 13.4. The minimum atomic E-state index is -2.98. The summed E-state index contributed by atoms with van der Waals surface area (Å²) in [5.41, 5.74) is 0. The lowest BCUT2D eigenvalue weighted by Crippen LogP contribution is -2.41. The van der Waals surface area contributed by atoms with Crippen LogP contribution in [0.25, 0.3) is 0 Å². The van der Waals surface area contributed by atoms with Crippen molar-refractivity contribution in [2.75, 3.05) is 25.1 Å². The fraction of sp³-hybridized carbons (Fsp3) is 0.900. The van der Waals surface area contributed by atoms with Gasteiger partial charge in [0.2, 0.25) is 5.91 Å². The van der Waals surface area contributed by atoms with Crippen molar-refractivity contribution in [2.45, 2.75) is 25.8 Å². The third kappa shape index (κ3) is 6.79. The van der Waals surface area contributed by atoms with Crippen LogP contribution in [-0.2, 0) is 14.6 Å². The minimum Gasteiger partial charge on any atom is -0.355 e. The average Bonchev–Trinajstić information content (AvgIpc) is 2.92. The molecule has 1 unspecified atom stereocenters. The van der Waals surface area contributed by atoms with Crippen molar-refractivity contribution in [1.29, 1.82) is 0 Å². The van der Waals surface area contributed by atoms with Gasteiger partial charge in [-0.25, -0.2) is 8.42 Å². The lowest BCUT2D eigenvalue weighted by Gasteiger charge is -2.12. The van der Waals surface area contributed by atoms with Crippen LogP contribution in [0.2, 0.25) is 0 Å². The van der Waals surface area contributed by atoms with Crippen LogP contribution >= 0.6 is 0 Å². The van der Waals surface area contributed by atoms with Crippen LogP contribution in [0.5, 0.6) is 0 Å². The van der Waals surface area contributed by atoms with Crippen LogP contribution in [0, 0.1) is 5.92 Å². The molecular formula is C10H20N2O3S. The smallest absolute Gasteiger partial charge is 0.233 e. The predicted octanol–water partition coefficient (Wildman–Crippen LogP) is -0.465. The maximum Gasteiger partial charge on any atom is 0.233 e. The van der Waals surface area contributed by atoms with E-state index in [-0.39, 0.29) is 24.2 Å². The predicted molar refractivity (Wildman–Crippen MR) is 62.9 cm³/mol. The van der Waals surface area contributed by atoms with E-state index >= 15 is 0 Å². The molecule has 0 aromatic carbocycles. The Bertz CT molecular complexity index is 336. The molecular weight excluding hydrogens is 228 g/mol. The zero-order chi connectivity index (χ0) is 12.2. The molecule has 1 aliphatic rings. The summed E-state index contributed by atoms with van der Waals surface area (Å²) in [5.74, 6) is 0.660. The second kappa shape index (κ2) is 5.63. The number of rotatable bonds is 7. The Hall–Kier alpha value is -0.620. The number of hydrogen-bond acceptors (Lipinski definition) is 4. The van der Waals surface area contributed by atoms with E-state index in [0.717, 1.165) is 6.54 Å². The normalized spacial score (nSPS) is 18.1. The van der Waals surface area contributed by atoms with E-state index in [2.05, 4.69) is 10.6 Å². The van der Waals surface area contributed by atoms with Gasteiger partial charge in [0, 0.05) is 18.8 Å². The fourth-order valence-electron chi connectivity index (χ4n) is 1.42. The Labute approximate surface area is 96.9 Å². The summed E-state index contributed by atoms with van der Waals surface area (Å²) in [7, 11) is -2.98. The van der Waals surface area contributed by atoms with Crippen LogP contribution < -0.4 is 10.6 Å². The van der Waals surface area contributed by atoms with Crippen LogP contribution in [0.15, 0.2) is 0 Å². The fourth-order valence-corrected chi connectivity index (χ4v) is 2.45. The molecule has 0 spiro atoms. The maximum atomic E-state index is 11.3. The summed E-state index contributed by atoms with van der Waals surface area (Å²) in [6, 6.07) is -0.193. The monoisotopic (exact) mass is 248 g/mol. The lowest BCUT2D eigenvalue weighted by molar-refractivity contribution is -0.120. The number of carbonyl (C=O) groups excluding carboxylic acids is 1. The average molecular weight is 248 g/mol. The molecule has 5 nitrogen and oxygen atoms in total. The molecule has 0 heterocycles. The highest BCUT2D eigenvalue weighted by Crippen LogP contribution is 2.27. The van der Waals surface area contributed by atoms with Crippen molar-refractivity contribution in [3.63, 3.8) is 0 Å². The third-order valence-electron chi connectivity index (χ3n) is 2.45. The number of sulfone groups is 1. The van der Waals surface area contributed by atoms with E-state index in [1.54, 1.807) is 6.92 Å². The second-order valence-electron chi connectivity index (χ2n) is 4.62. The van der Waals surface area contributed by atoms with Gasteiger partial charge in [0.15, 0.2) is 0 Å². The topological polar surface area (TPSA) is 75.3 Å². The van der Waals surface area contributed by atoms with Gasteiger partial charge in [0.1, 0.15) is 9.84 Å². The molecule has 1 atom stereocenters. The summed E-state index contributed by atoms with van der Waals surface area (Å²) in [4.78, 5) is 11.3. The Balaban J connectivity index is 2.09. The molecule has 16 heavy (non-hydrogen) atoms. The zero-order valence-corrected chi connectivity index (χ0v) is 10.6. The van der Waals surface area contributed by atoms with Gasteiger partial charge in [-0.2, -0.15) is 0 Å². The van der Waals surface area contributed by atoms with Gasteiger partial charge < -0.3 is 10.6 Å². The summed E-state index contributed by atoms with van der Waals surface area (Å²) < 4.78 is 21.9. The molecule has 6 heteroatoms. The quantitative estimate of drug-likeness (QED) is 0.639. The van der Waals surface area contributed by atoms with Gasteiger partial charge in [-0.1, -0.05) is 0 Å². The van der Waals surface area contributed by atoms with Gasteiger partial charge in [-0.05, 0) is 25.7 Å². The molecule has 2 N–H and O–H groups in total. The van der Waals surface area contributed by atoms with E-state index in [0.29, 0.717) is 5.92 Å². The number of hydrogen-bond donors (Lipinski definition) is 2. The van der Waals surface area contributed by atoms with Gasteiger partial charge in [0.25, 0.3) is 0 Å². The van der Waals surface area contributed by atoms with E-state index in [1.807, 2.05) is 0 Å². The van der Waals surface area contributed by atoms with Crippen LogP contribution in [0.1, 0.15) is 19.8 Å². The highest BCUT2D eigenvalue weighted by atomic mass is 32.2. The molecule has 0 aromatic rings. The van der Waals surface area contributed by atoms with Gasteiger partial charge in [0.05, 0.1) is 12.3 Å². The van der Waals surface area contributed by atoms with Crippen molar-refractivity contribution >= 4 is 15.7 Å². The van der Waals surface area contributed by atoms with Crippen molar-refractivity contribution in [3.8, 4) is 0 Å². The molecule has 1 amide bonds. The van der Waals surface area contributed by atoms with Crippen molar-refractivity contribution in [1.82, 2.24) is 10.6 Å². The van der Waals surface area contributed by atoms with Gasteiger partial charge in [-0.3, -0.25) is 4.79 Å². The summed E-state index contributed by atoms with van der Waals surface area (Å²) >= 11 is 0. The lowest BCUT2D eigenvalue weighted by atomic mass is 10.3. The molecule has 0 aliphatic heterocycles. The number of amides is 1. The van der Waals surface area contributed by atoms with Crippen LogP contribution in [0.3, 0.4) is 0 Å². The standard InChI is InChI=1S/C10H20N2O3S/c1-8(7-16(2,14)15)11-6-10(13)12-5-9-3-4-9/h8-9,11H,3-7H2,1-2H3,(H,12,13). The minimum absolute atomic E-state index is 0.0584. The first-order chi connectivity index (χ1) is 7.37. The number of carbonyl (C=O) groups is 1. The molecule has 0 bridgehead atoms. The Morgan fingerprint density at radius 1 is 1.44 bits per heavy atom. The number of nitrogens with one attached hydrogen (secondary N) is 2. The first-order valence-electron chi connectivity index (χ1n) is 5.54. The SMILES string of the molecule is CC(CS(C)(=O)=O)NCC(=O)NCC1CC1.